The molecule has 0 unspecified atom stereocenters. The number of rotatable bonds is 8. The van der Waals surface area contributed by atoms with Crippen LogP contribution in [-0.4, -0.2) is 25.2 Å². The Hall–Kier alpha value is -1.64. The van der Waals surface area contributed by atoms with Crippen LogP contribution in [0.2, 0.25) is 0 Å². The third-order valence-corrected chi connectivity index (χ3v) is 4.73. The van der Waals surface area contributed by atoms with E-state index in [1.165, 1.54) is 16.7 Å². The molecule has 0 aliphatic carbocycles. The van der Waals surface area contributed by atoms with Gasteiger partial charge < -0.3 is 9.64 Å². The van der Waals surface area contributed by atoms with E-state index in [0.717, 1.165) is 13.2 Å². The molecule has 2 rings (SSSR count). The van der Waals surface area contributed by atoms with Crippen LogP contribution in [0.15, 0.2) is 54.6 Å². The van der Waals surface area contributed by atoms with Crippen LogP contribution in [0.4, 0.5) is 0 Å². The highest BCUT2D eigenvalue weighted by Gasteiger charge is 2.20. The van der Waals surface area contributed by atoms with E-state index >= 15 is 0 Å². The number of nitrogens with one attached hydrogen (secondary N) is 1. The molecule has 0 aliphatic rings. The lowest BCUT2D eigenvalue weighted by molar-refractivity contribution is -0.942. The molecule has 2 nitrogen and oxygen atoms in total. The third kappa shape index (κ3) is 4.93. The van der Waals surface area contributed by atoms with Gasteiger partial charge in [-0.2, -0.15) is 0 Å². The molecule has 0 aliphatic heterocycles. The van der Waals surface area contributed by atoms with Gasteiger partial charge in [-0.25, -0.2) is 0 Å². The van der Waals surface area contributed by atoms with Crippen molar-refractivity contribution >= 4 is 0 Å². The molecule has 0 aromatic heterocycles. The van der Waals surface area contributed by atoms with E-state index in [9.17, 15) is 0 Å². The molecule has 0 fully saturated rings. The summed E-state index contributed by atoms with van der Waals surface area (Å²) in [5, 5.41) is 0. The summed E-state index contributed by atoms with van der Waals surface area (Å²) in [6.45, 7) is 13.1. The molecule has 1 atom stereocenters. The number of aryl methyl sites for hydroxylation is 1. The average molecular weight is 327 g/mol. The quantitative estimate of drug-likeness (QED) is 0.779. The first-order chi connectivity index (χ1) is 11.5. The van der Waals surface area contributed by atoms with Gasteiger partial charge >= 0.3 is 0 Å². The average Bonchev–Trinajstić information content (AvgIpc) is 2.56. The molecule has 2 aromatic carbocycles. The van der Waals surface area contributed by atoms with E-state index in [2.05, 4.69) is 89.2 Å². The SMILES string of the molecule is Cc1ccccc1[C@H](OCC[NH+](C(C)C)C(C)C)c1ccccc1. The van der Waals surface area contributed by atoms with Gasteiger partial charge in [0.05, 0.1) is 18.7 Å². The van der Waals surface area contributed by atoms with Gasteiger partial charge in [0, 0.05) is 0 Å². The maximum absolute atomic E-state index is 6.41. The van der Waals surface area contributed by atoms with Gasteiger partial charge in [0.15, 0.2) is 0 Å². The van der Waals surface area contributed by atoms with Crippen molar-refractivity contribution in [2.75, 3.05) is 13.2 Å². The van der Waals surface area contributed by atoms with Crippen molar-refractivity contribution < 1.29 is 9.64 Å². The first-order valence-electron chi connectivity index (χ1n) is 9.08. The normalized spacial score (nSPS) is 13.0. The van der Waals surface area contributed by atoms with Crippen molar-refractivity contribution in [3.63, 3.8) is 0 Å². The summed E-state index contributed by atoms with van der Waals surface area (Å²) in [7, 11) is 0. The first kappa shape index (κ1) is 18.7. The van der Waals surface area contributed by atoms with E-state index in [-0.39, 0.29) is 6.10 Å². The van der Waals surface area contributed by atoms with Crippen LogP contribution in [-0.2, 0) is 4.74 Å². The molecule has 0 bridgehead atoms. The summed E-state index contributed by atoms with van der Waals surface area (Å²) < 4.78 is 6.41. The Balaban J connectivity index is 2.15. The monoisotopic (exact) mass is 326 g/mol. The number of benzene rings is 2. The lowest BCUT2D eigenvalue weighted by Gasteiger charge is -2.28. The Kier molecular flexibility index (Phi) is 7.01. The lowest BCUT2D eigenvalue weighted by Crippen LogP contribution is -3.18. The minimum Gasteiger partial charge on any atom is -0.363 e. The molecule has 130 valence electrons. The van der Waals surface area contributed by atoms with E-state index < -0.39 is 0 Å². The standard InChI is InChI=1S/C22H31NO/c1-17(2)23(18(3)4)15-16-24-22(20-12-7-6-8-13-20)21-14-10-9-11-19(21)5/h6-14,17-18,22H,15-16H2,1-5H3/p+1/t22-/m1/s1. The predicted molar refractivity (Wildman–Crippen MR) is 102 cm³/mol. The fourth-order valence-corrected chi connectivity index (χ4v) is 3.41. The summed E-state index contributed by atoms with van der Waals surface area (Å²) in [5.41, 5.74) is 3.77. The van der Waals surface area contributed by atoms with Gasteiger partial charge in [-0.3, -0.25) is 0 Å². The lowest BCUT2D eigenvalue weighted by atomic mass is 9.97. The van der Waals surface area contributed by atoms with E-state index in [4.69, 9.17) is 4.74 Å². The van der Waals surface area contributed by atoms with Gasteiger partial charge in [-0.15, -0.1) is 0 Å². The van der Waals surface area contributed by atoms with Crippen LogP contribution in [0.5, 0.6) is 0 Å². The third-order valence-electron chi connectivity index (χ3n) is 4.73. The number of ether oxygens (including phenoxy) is 1. The molecule has 0 radical (unpaired) electrons. The highest BCUT2D eigenvalue weighted by Crippen LogP contribution is 2.28. The van der Waals surface area contributed by atoms with Crippen molar-refractivity contribution in [2.24, 2.45) is 0 Å². The van der Waals surface area contributed by atoms with Gasteiger partial charge in [0.2, 0.25) is 0 Å². The molecule has 0 spiro atoms. The van der Waals surface area contributed by atoms with Gasteiger partial charge in [0.1, 0.15) is 12.6 Å². The van der Waals surface area contributed by atoms with Gasteiger partial charge in [0.25, 0.3) is 0 Å². The van der Waals surface area contributed by atoms with Crippen LogP contribution < -0.4 is 4.90 Å². The fraction of sp³-hybridized carbons (Fsp3) is 0.455. The molecular formula is C22H32NO+. The van der Waals surface area contributed by atoms with Gasteiger partial charge in [-0.05, 0) is 51.3 Å². The Labute approximate surface area is 147 Å². The van der Waals surface area contributed by atoms with Crippen LogP contribution in [0.25, 0.3) is 0 Å². The number of quaternary nitrogens is 1. The smallest absolute Gasteiger partial charge is 0.108 e. The summed E-state index contributed by atoms with van der Waals surface area (Å²) in [5.74, 6) is 0. The van der Waals surface area contributed by atoms with Crippen molar-refractivity contribution in [3.05, 3.63) is 71.3 Å². The number of hydrogen-bond acceptors (Lipinski definition) is 1. The Morgan fingerprint density at radius 1 is 0.833 bits per heavy atom. The Morgan fingerprint density at radius 2 is 1.42 bits per heavy atom. The van der Waals surface area contributed by atoms with Crippen LogP contribution >= 0.6 is 0 Å². The van der Waals surface area contributed by atoms with E-state index in [0.29, 0.717) is 12.1 Å². The maximum Gasteiger partial charge on any atom is 0.108 e. The molecule has 2 aromatic rings. The van der Waals surface area contributed by atoms with Gasteiger partial charge in [-0.1, -0.05) is 54.6 Å². The molecule has 24 heavy (non-hydrogen) atoms. The summed E-state index contributed by atoms with van der Waals surface area (Å²) in [6.07, 6.45) is 0.00738. The molecule has 0 amide bonds. The zero-order valence-electron chi connectivity index (χ0n) is 15.8. The van der Waals surface area contributed by atoms with Crippen molar-refractivity contribution in [1.82, 2.24) is 0 Å². The summed E-state index contributed by atoms with van der Waals surface area (Å²) >= 11 is 0. The maximum atomic E-state index is 6.41. The molecule has 2 heteroatoms. The van der Waals surface area contributed by atoms with Crippen molar-refractivity contribution in [2.45, 2.75) is 52.8 Å². The fourth-order valence-electron chi connectivity index (χ4n) is 3.41. The zero-order chi connectivity index (χ0) is 17.5. The molecule has 0 heterocycles. The highest BCUT2D eigenvalue weighted by molar-refractivity contribution is 5.35. The summed E-state index contributed by atoms with van der Waals surface area (Å²) in [6, 6.07) is 20.3. The van der Waals surface area contributed by atoms with Crippen LogP contribution in [0, 0.1) is 6.92 Å². The molecule has 0 saturated carbocycles. The Morgan fingerprint density at radius 3 is 2.00 bits per heavy atom. The van der Waals surface area contributed by atoms with E-state index in [1.807, 2.05) is 0 Å². The molecule has 0 saturated heterocycles. The second-order valence-corrected chi connectivity index (χ2v) is 7.15. The molecule has 1 N–H and O–H groups in total. The highest BCUT2D eigenvalue weighted by atomic mass is 16.5. The topological polar surface area (TPSA) is 13.7 Å². The zero-order valence-corrected chi connectivity index (χ0v) is 15.8. The predicted octanol–water partition coefficient (Wildman–Crippen LogP) is 3.80. The number of hydrogen-bond donors (Lipinski definition) is 1. The minimum absolute atomic E-state index is 0.00738. The van der Waals surface area contributed by atoms with Crippen LogP contribution in [0.1, 0.15) is 50.5 Å². The largest absolute Gasteiger partial charge is 0.363 e. The second kappa shape index (κ2) is 9.00. The van der Waals surface area contributed by atoms with Crippen LogP contribution in [0.3, 0.4) is 0 Å². The summed E-state index contributed by atoms with van der Waals surface area (Å²) in [4.78, 5) is 1.59. The second-order valence-electron chi connectivity index (χ2n) is 7.15. The van der Waals surface area contributed by atoms with E-state index in [1.54, 1.807) is 4.90 Å². The molecular weight excluding hydrogens is 294 g/mol. The van der Waals surface area contributed by atoms with Crippen molar-refractivity contribution in [3.8, 4) is 0 Å². The van der Waals surface area contributed by atoms with Crippen molar-refractivity contribution in [1.29, 1.82) is 0 Å². The minimum atomic E-state index is 0.00738. The first-order valence-corrected chi connectivity index (χ1v) is 9.08. The Bertz CT molecular complexity index is 598.